The van der Waals surface area contributed by atoms with Gasteiger partial charge < -0.3 is 5.73 Å². The fraction of sp³-hybridized carbons (Fsp3) is 0.182. The summed E-state index contributed by atoms with van der Waals surface area (Å²) in [6.07, 6.45) is 1.62. The Kier molecular flexibility index (Phi) is 3.27. The number of aryl methyl sites for hydroxylation is 2. The largest absolute Gasteiger partial charge is 0.398 e. The van der Waals surface area contributed by atoms with Crippen LogP contribution in [-0.2, 0) is 10.0 Å². The van der Waals surface area contributed by atoms with Crippen molar-refractivity contribution in [1.29, 1.82) is 0 Å². The highest BCUT2D eigenvalue weighted by molar-refractivity contribution is 7.93. The summed E-state index contributed by atoms with van der Waals surface area (Å²) in [5.41, 5.74) is 7.01. The van der Waals surface area contributed by atoms with Crippen molar-refractivity contribution < 1.29 is 8.42 Å². The molecule has 0 radical (unpaired) electrons. The minimum atomic E-state index is -3.62. The van der Waals surface area contributed by atoms with Crippen molar-refractivity contribution in [2.45, 2.75) is 18.7 Å². The molecule has 96 valence electrons. The molecular weight excluding hydrogens is 270 g/mol. The summed E-state index contributed by atoms with van der Waals surface area (Å²) in [6, 6.07) is 4.64. The second-order valence-electron chi connectivity index (χ2n) is 3.90. The highest BCUT2D eigenvalue weighted by Gasteiger charge is 2.16. The number of anilines is 2. The van der Waals surface area contributed by atoms with Gasteiger partial charge in [0.2, 0.25) is 0 Å². The van der Waals surface area contributed by atoms with E-state index < -0.39 is 10.0 Å². The van der Waals surface area contributed by atoms with Crippen molar-refractivity contribution in [3.63, 3.8) is 0 Å². The van der Waals surface area contributed by atoms with E-state index in [0.29, 0.717) is 10.8 Å². The Morgan fingerprint density at radius 3 is 2.61 bits per heavy atom. The van der Waals surface area contributed by atoms with E-state index in [2.05, 4.69) is 9.71 Å². The maximum Gasteiger partial charge on any atom is 0.263 e. The highest BCUT2D eigenvalue weighted by Crippen LogP contribution is 2.23. The lowest BCUT2D eigenvalue weighted by Gasteiger charge is -2.07. The van der Waals surface area contributed by atoms with Crippen LogP contribution in [-0.4, -0.2) is 13.4 Å². The van der Waals surface area contributed by atoms with E-state index in [-0.39, 0.29) is 4.90 Å². The van der Waals surface area contributed by atoms with Crippen molar-refractivity contribution in [3.05, 3.63) is 34.8 Å². The first-order valence-electron chi connectivity index (χ1n) is 5.20. The summed E-state index contributed by atoms with van der Waals surface area (Å²) >= 11 is 1.28. The van der Waals surface area contributed by atoms with Crippen LogP contribution < -0.4 is 10.5 Å². The van der Waals surface area contributed by atoms with Gasteiger partial charge in [0.1, 0.15) is 0 Å². The number of rotatable bonds is 3. The van der Waals surface area contributed by atoms with Crippen LogP contribution in [0.3, 0.4) is 0 Å². The summed E-state index contributed by atoms with van der Waals surface area (Å²) in [5, 5.41) is 0.353. The summed E-state index contributed by atoms with van der Waals surface area (Å²) in [6.45, 7) is 3.68. The molecule has 2 rings (SSSR count). The Morgan fingerprint density at radius 2 is 2.06 bits per heavy atom. The second kappa shape index (κ2) is 4.58. The summed E-state index contributed by atoms with van der Waals surface area (Å²) < 4.78 is 26.6. The van der Waals surface area contributed by atoms with E-state index in [9.17, 15) is 8.42 Å². The molecule has 1 aromatic heterocycles. The van der Waals surface area contributed by atoms with Gasteiger partial charge in [0.05, 0.1) is 4.90 Å². The van der Waals surface area contributed by atoms with E-state index in [1.54, 1.807) is 12.3 Å². The van der Waals surface area contributed by atoms with E-state index in [1.807, 2.05) is 13.8 Å². The molecule has 0 atom stereocenters. The molecule has 0 saturated carbocycles. The number of nitrogens with zero attached hydrogens (tertiary/aromatic N) is 1. The third-order valence-corrected chi connectivity index (χ3v) is 4.70. The summed E-state index contributed by atoms with van der Waals surface area (Å²) in [5.74, 6) is 0. The van der Waals surface area contributed by atoms with Crippen molar-refractivity contribution in [1.82, 2.24) is 4.98 Å². The maximum absolute atomic E-state index is 12.1. The van der Waals surface area contributed by atoms with Crippen molar-refractivity contribution in [2.24, 2.45) is 0 Å². The monoisotopic (exact) mass is 283 g/mol. The third kappa shape index (κ3) is 2.62. The Balaban J connectivity index is 2.33. The lowest BCUT2D eigenvalue weighted by Crippen LogP contribution is -2.13. The van der Waals surface area contributed by atoms with Gasteiger partial charge in [-0.3, -0.25) is 4.72 Å². The van der Waals surface area contributed by atoms with Gasteiger partial charge in [-0.25, -0.2) is 13.4 Å². The maximum atomic E-state index is 12.1. The number of sulfonamides is 1. The predicted octanol–water partition coefficient (Wildman–Crippen LogP) is 2.14. The van der Waals surface area contributed by atoms with Crippen LogP contribution in [0.1, 0.15) is 10.4 Å². The first-order chi connectivity index (χ1) is 8.38. The van der Waals surface area contributed by atoms with Crippen LogP contribution >= 0.6 is 11.3 Å². The molecule has 7 heteroatoms. The van der Waals surface area contributed by atoms with Gasteiger partial charge in [0.15, 0.2) is 5.13 Å². The molecule has 2 aromatic rings. The number of benzene rings is 1. The summed E-state index contributed by atoms with van der Waals surface area (Å²) in [7, 11) is -3.62. The molecule has 18 heavy (non-hydrogen) atoms. The molecule has 0 aliphatic carbocycles. The smallest absolute Gasteiger partial charge is 0.263 e. The van der Waals surface area contributed by atoms with Gasteiger partial charge in [0, 0.05) is 16.8 Å². The first kappa shape index (κ1) is 12.8. The van der Waals surface area contributed by atoms with Crippen LogP contribution in [0.15, 0.2) is 29.3 Å². The summed E-state index contributed by atoms with van der Waals surface area (Å²) in [4.78, 5) is 5.04. The molecular formula is C11H13N3O2S2. The minimum Gasteiger partial charge on any atom is -0.398 e. The quantitative estimate of drug-likeness (QED) is 0.845. The lowest BCUT2D eigenvalue weighted by molar-refractivity contribution is 0.601. The van der Waals surface area contributed by atoms with Gasteiger partial charge in [-0.1, -0.05) is 6.07 Å². The molecule has 0 bridgehead atoms. The fourth-order valence-electron chi connectivity index (χ4n) is 1.36. The number of aromatic nitrogens is 1. The number of nitrogen functional groups attached to an aromatic ring is 1. The Morgan fingerprint density at radius 1 is 1.33 bits per heavy atom. The van der Waals surface area contributed by atoms with Crippen LogP contribution in [0.5, 0.6) is 0 Å². The average Bonchev–Trinajstić information content (AvgIpc) is 2.67. The van der Waals surface area contributed by atoms with Crippen LogP contribution in [0.2, 0.25) is 0 Å². The standard InChI is InChI=1S/C11H13N3O2S2/c1-7-3-4-9(5-10(7)12)18(15,16)14-11-13-6-8(2)17-11/h3-6H,12H2,1-2H3,(H,13,14). The third-order valence-electron chi connectivity index (χ3n) is 2.40. The predicted molar refractivity (Wildman–Crippen MR) is 73.3 cm³/mol. The highest BCUT2D eigenvalue weighted by atomic mass is 32.2. The molecule has 0 amide bonds. The van der Waals surface area contributed by atoms with Crippen molar-refractivity contribution in [3.8, 4) is 0 Å². The molecule has 5 nitrogen and oxygen atoms in total. The number of thiazole rings is 1. The molecule has 0 spiro atoms. The minimum absolute atomic E-state index is 0.137. The van der Waals surface area contributed by atoms with Crippen molar-refractivity contribution in [2.75, 3.05) is 10.5 Å². The van der Waals surface area contributed by atoms with Crippen LogP contribution in [0, 0.1) is 13.8 Å². The second-order valence-corrected chi connectivity index (χ2v) is 6.82. The SMILES string of the molecule is Cc1cnc(NS(=O)(=O)c2ccc(C)c(N)c2)s1. The molecule has 3 N–H and O–H groups in total. The topological polar surface area (TPSA) is 85.1 Å². The van der Waals surface area contributed by atoms with Crippen LogP contribution in [0.25, 0.3) is 0 Å². The van der Waals surface area contributed by atoms with E-state index in [1.165, 1.54) is 23.5 Å². The molecule has 0 saturated heterocycles. The molecule has 0 fully saturated rings. The van der Waals surface area contributed by atoms with Gasteiger partial charge in [-0.15, -0.1) is 11.3 Å². The molecule has 1 heterocycles. The van der Waals surface area contributed by atoms with Gasteiger partial charge in [-0.05, 0) is 31.5 Å². The average molecular weight is 283 g/mol. The Hall–Kier alpha value is -1.60. The Labute approximate surface area is 110 Å². The van der Waals surface area contributed by atoms with Crippen LogP contribution in [0.4, 0.5) is 10.8 Å². The molecule has 0 aliphatic heterocycles. The van der Waals surface area contributed by atoms with E-state index >= 15 is 0 Å². The van der Waals surface area contributed by atoms with Gasteiger partial charge in [0.25, 0.3) is 10.0 Å². The van der Waals surface area contributed by atoms with E-state index in [0.717, 1.165) is 10.4 Å². The molecule has 0 aliphatic rings. The fourth-order valence-corrected chi connectivity index (χ4v) is 3.30. The molecule has 1 aromatic carbocycles. The zero-order valence-electron chi connectivity index (χ0n) is 9.97. The zero-order valence-corrected chi connectivity index (χ0v) is 11.6. The Bertz CT molecular complexity index is 677. The number of hydrogen-bond donors (Lipinski definition) is 2. The normalized spacial score (nSPS) is 11.4. The zero-order chi connectivity index (χ0) is 13.3. The number of nitrogens with two attached hydrogens (primary N) is 1. The lowest BCUT2D eigenvalue weighted by atomic mass is 10.2. The number of nitrogens with one attached hydrogen (secondary N) is 1. The van der Waals surface area contributed by atoms with E-state index in [4.69, 9.17) is 5.73 Å². The molecule has 0 unspecified atom stereocenters. The van der Waals surface area contributed by atoms with Gasteiger partial charge in [-0.2, -0.15) is 0 Å². The number of hydrogen-bond acceptors (Lipinski definition) is 5. The van der Waals surface area contributed by atoms with Gasteiger partial charge >= 0.3 is 0 Å². The first-order valence-corrected chi connectivity index (χ1v) is 7.50. The van der Waals surface area contributed by atoms with Crippen molar-refractivity contribution >= 4 is 32.2 Å².